The zero-order valence-corrected chi connectivity index (χ0v) is 18.4. The summed E-state index contributed by atoms with van der Waals surface area (Å²) in [6.07, 6.45) is 8.72. The Morgan fingerprint density at radius 2 is 2.06 bits per heavy atom. The van der Waals surface area contributed by atoms with Gasteiger partial charge in [0, 0.05) is 35.6 Å². The van der Waals surface area contributed by atoms with Gasteiger partial charge in [0.05, 0.1) is 0 Å². The maximum atomic E-state index is 10.8. The first-order valence-electron chi connectivity index (χ1n) is 10.1. The van der Waals surface area contributed by atoms with Crippen LogP contribution in [0.5, 0.6) is 0 Å². The minimum Gasteiger partial charge on any atom is -0.481 e. The molecule has 0 saturated carbocycles. The van der Waals surface area contributed by atoms with Crippen LogP contribution in [0.25, 0.3) is 5.57 Å². The molecule has 1 aromatic heterocycles. The van der Waals surface area contributed by atoms with Crippen molar-refractivity contribution in [2.24, 2.45) is 4.99 Å². The van der Waals surface area contributed by atoms with Gasteiger partial charge in [-0.25, -0.2) is 0 Å². The number of benzene rings is 1. The predicted molar refractivity (Wildman–Crippen MR) is 124 cm³/mol. The second kappa shape index (κ2) is 10.9. The van der Waals surface area contributed by atoms with Crippen molar-refractivity contribution in [3.8, 4) is 6.19 Å². The third-order valence-corrected chi connectivity index (χ3v) is 4.37. The number of guanidine groups is 1. The van der Waals surface area contributed by atoms with E-state index in [4.69, 9.17) is 10.4 Å². The number of nitrogens with one attached hydrogen (secondary N) is 2. The van der Waals surface area contributed by atoms with Gasteiger partial charge in [-0.3, -0.25) is 9.78 Å². The number of rotatable bonds is 7. The molecule has 0 atom stereocenters. The molecular weight excluding hydrogens is 390 g/mol. The molecule has 162 valence electrons. The van der Waals surface area contributed by atoms with E-state index in [2.05, 4.69) is 20.6 Å². The van der Waals surface area contributed by atoms with Crippen LogP contribution in [0.15, 0.2) is 53.8 Å². The Morgan fingerprint density at radius 1 is 1.29 bits per heavy atom. The summed E-state index contributed by atoms with van der Waals surface area (Å²) in [5, 5.41) is 24.4. The molecule has 3 N–H and O–H groups in total. The number of anilines is 1. The molecule has 0 bridgehead atoms. The number of carbonyl (C=O) groups is 1. The summed E-state index contributed by atoms with van der Waals surface area (Å²) in [6.45, 7) is 7.95. The molecule has 0 aliphatic rings. The second-order valence-electron chi connectivity index (χ2n) is 8.24. The van der Waals surface area contributed by atoms with Crippen LogP contribution in [0.3, 0.4) is 0 Å². The lowest BCUT2D eigenvalue weighted by Crippen LogP contribution is -2.44. The molecule has 7 nitrogen and oxygen atoms in total. The van der Waals surface area contributed by atoms with E-state index in [1.165, 1.54) is 0 Å². The quantitative estimate of drug-likeness (QED) is 0.259. The highest BCUT2D eigenvalue weighted by atomic mass is 16.4. The van der Waals surface area contributed by atoms with Gasteiger partial charge in [-0.15, -0.1) is 4.99 Å². The summed E-state index contributed by atoms with van der Waals surface area (Å²) in [7, 11) is 0. The number of hydrogen-bond acceptors (Lipinski definition) is 4. The first-order chi connectivity index (χ1) is 14.7. The number of aryl methyl sites for hydroxylation is 1. The topological polar surface area (TPSA) is 110 Å². The van der Waals surface area contributed by atoms with Gasteiger partial charge in [-0.05, 0) is 69.4 Å². The van der Waals surface area contributed by atoms with E-state index in [-0.39, 0.29) is 12.0 Å². The second-order valence-corrected chi connectivity index (χ2v) is 8.24. The minimum absolute atomic E-state index is 0.129. The molecular formula is C24H29N5O2. The van der Waals surface area contributed by atoms with Crippen LogP contribution in [-0.4, -0.2) is 27.6 Å². The van der Waals surface area contributed by atoms with Crippen LogP contribution in [0.1, 0.15) is 56.7 Å². The highest BCUT2D eigenvalue weighted by molar-refractivity contribution is 5.96. The number of aliphatic imine (C=N–C) groups is 1. The Hall–Kier alpha value is -3.66. The molecule has 0 saturated heterocycles. The Labute approximate surface area is 183 Å². The molecule has 0 radical (unpaired) electrons. The van der Waals surface area contributed by atoms with Crippen molar-refractivity contribution < 1.29 is 9.90 Å². The molecule has 31 heavy (non-hydrogen) atoms. The largest absolute Gasteiger partial charge is 0.481 e. The number of aromatic nitrogens is 1. The zero-order valence-electron chi connectivity index (χ0n) is 18.4. The number of nitrogens with zero attached hydrogens (tertiary/aromatic N) is 3. The Balaban J connectivity index is 2.39. The van der Waals surface area contributed by atoms with Gasteiger partial charge >= 0.3 is 5.97 Å². The SMILES string of the molecule is Cc1ccc(/C(=C\CCCC(=O)O)c2cccnc2)cc1NC(=NC#N)NC(C)(C)C. The molecule has 0 aliphatic heterocycles. The first-order valence-corrected chi connectivity index (χ1v) is 10.1. The lowest BCUT2D eigenvalue weighted by Gasteiger charge is -2.24. The summed E-state index contributed by atoms with van der Waals surface area (Å²) >= 11 is 0. The van der Waals surface area contributed by atoms with Crippen molar-refractivity contribution in [2.75, 3.05) is 5.32 Å². The fraction of sp³-hybridized carbons (Fsp3) is 0.333. The van der Waals surface area contributed by atoms with E-state index in [0.717, 1.165) is 28.0 Å². The van der Waals surface area contributed by atoms with E-state index < -0.39 is 5.97 Å². The van der Waals surface area contributed by atoms with E-state index in [0.29, 0.717) is 18.8 Å². The number of allylic oxidation sites excluding steroid dienone is 1. The van der Waals surface area contributed by atoms with Crippen LogP contribution in [-0.2, 0) is 4.79 Å². The zero-order chi connectivity index (χ0) is 22.9. The maximum absolute atomic E-state index is 10.8. The lowest BCUT2D eigenvalue weighted by molar-refractivity contribution is -0.137. The Kier molecular flexibility index (Phi) is 8.33. The number of nitriles is 1. The molecule has 0 aliphatic carbocycles. The molecule has 2 aromatic rings. The average Bonchev–Trinajstić information content (AvgIpc) is 2.69. The number of pyridine rings is 1. The van der Waals surface area contributed by atoms with Gasteiger partial charge in [0.25, 0.3) is 0 Å². The van der Waals surface area contributed by atoms with E-state index >= 15 is 0 Å². The van der Waals surface area contributed by atoms with Crippen molar-refractivity contribution >= 4 is 23.2 Å². The number of hydrogen-bond donors (Lipinski definition) is 3. The van der Waals surface area contributed by atoms with Gasteiger partial charge in [-0.2, -0.15) is 5.26 Å². The summed E-state index contributed by atoms with van der Waals surface area (Å²) in [4.78, 5) is 18.9. The number of aliphatic carboxylic acids is 1. The average molecular weight is 420 g/mol. The molecule has 0 amide bonds. The molecule has 0 fully saturated rings. The van der Waals surface area contributed by atoms with Crippen molar-refractivity contribution in [1.29, 1.82) is 5.26 Å². The van der Waals surface area contributed by atoms with Crippen LogP contribution in [0.4, 0.5) is 5.69 Å². The predicted octanol–water partition coefficient (Wildman–Crippen LogP) is 4.71. The third kappa shape index (κ3) is 7.94. The summed E-state index contributed by atoms with van der Waals surface area (Å²) in [5.41, 5.74) is 4.45. The van der Waals surface area contributed by atoms with Crippen molar-refractivity contribution in [2.45, 2.75) is 52.5 Å². The summed E-state index contributed by atoms with van der Waals surface area (Å²) in [5.74, 6) is -0.419. The molecule has 2 rings (SSSR count). The lowest BCUT2D eigenvalue weighted by atomic mass is 9.96. The fourth-order valence-electron chi connectivity index (χ4n) is 2.97. The Bertz CT molecular complexity index is 999. The minimum atomic E-state index is -0.797. The monoisotopic (exact) mass is 419 g/mol. The molecule has 0 spiro atoms. The first kappa shape index (κ1) is 23.6. The maximum Gasteiger partial charge on any atom is 0.303 e. The van der Waals surface area contributed by atoms with Crippen LogP contribution < -0.4 is 10.6 Å². The van der Waals surface area contributed by atoms with Gasteiger partial charge < -0.3 is 15.7 Å². The molecule has 1 heterocycles. The van der Waals surface area contributed by atoms with E-state index in [1.807, 2.05) is 70.3 Å². The summed E-state index contributed by atoms with van der Waals surface area (Å²) < 4.78 is 0. The van der Waals surface area contributed by atoms with E-state index in [1.54, 1.807) is 12.4 Å². The standard InChI is InChI=1S/C24H29N5O2/c1-17-11-12-18(14-21(17)28-23(27-16-25)29-24(2,3)4)20(9-5-6-10-22(30)31)19-8-7-13-26-15-19/h7-9,11-15H,5-6,10H2,1-4H3,(H,30,31)(H2,27,28,29)/b20-9+. The van der Waals surface area contributed by atoms with Crippen LogP contribution in [0, 0.1) is 18.4 Å². The van der Waals surface area contributed by atoms with Gasteiger partial charge in [-0.1, -0.05) is 24.3 Å². The van der Waals surface area contributed by atoms with Gasteiger partial charge in [0.15, 0.2) is 0 Å². The highest BCUT2D eigenvalue weighted by Gasteiger charge is 2.14. The van der Waals surface area contributed by atoms with Crippen LogP contribution >= 0.6 is 0 Å². The van der Waals surface area contributed by atoms with Crippen molar-refractivity contribution in [3.63, 3.8) is 0 Å². The number of carboxylic acid groups (broad SMARTS) is 1. The smallest absolute Gasteiger partial charge is 0.303 e. The Morgan fingerprint density at radius 3 is 2.68 bits per heavy atom. The number of carboxylic acids is 1. The highest BCUT2D eigenvalue weighted by Crippen LogP contribution is 2.28. The third-order valence-electron chi connectivity index (χ3n) is 4.37. The molecule has 7 heteroatoms. The molecule has 1 aromatic carbocycles. The van der Waals surface area contributed by atoms with Crippen molar-refractivity contribution in [1.82, 2.24) is 10.3 Å². The van der Waals surface area contributed by atoms with Gasteiger partial charge in [0.1, 0.15) is 0 Å². The van der Waals surface area contributed by atoms with Crippen molar-refractivity contribution in [3.05, 3.63) is 65.5 Å². The normalized spacial score (nSPS) is 12.2. The molecule has 0 unspecified atom stereocenters. The number of unbranched alkanes of at least 4 members (excludes halogenated alkanes) is 1. The summed E-state index contributed by atoms with van der Waals surface area (Å²) in [6, 6.07) is 9.88. The van der Waals surface area contributed by atoms with Crippen LogP contribution in [0.2, 0.25) is 0 Å². The van der Waals surface area contributed by atoms with Gasteiger partial charge in [0.2, 0.25) is 12.2 Å². The fourth-order valence-corrected chi connectivity index (χ4v) is 2.97. The van der Waals surface area contributed by atoms with E-state index in [9.17, 15) is 4.79 Å².